The first-order valence-electron chi connectivity index (χ1n) is 6.41. The molecule has 3 nitrogen and oxygen atoms in total. The minimum Gasteiger partial charge on any atom is -0.308 e. The van der Waals surface area contributed by atoms with Crippen molar-refractivity contribution < 1.29 is 0 Å². The van der Waals surface area contributed by atoms with Crippen LogP contribution < -0.4 is 5.32 Å². The molecule has 0 amide bonds. The third kappa shape index (κ3) is 3.87. The molecule has 0 saturated carbocycles. The lowest BCUT2D eigenvalue weighted by molar-refractivity contribution is 0.551. The molecule has 108 valence electrons. The van der Waals surface area contributed by atoms with Crippen molar-refractivity contribution in [1.82, 2.24) is 15.1 Å². The van der Waals surface area contributed by atoms with E-state index in [9.17, 15) is 0 Å². The van der Waals surface area contributed by atoms with Crippen LogP contribution in [0.25, 0.3) is 0 Å². The van der Waals surface area contributed by atoms with E-state index in [0.717, 1.165) is 21.2 Å². The van der Waals surface area contributed by atoms with Crippen LogP contribution in [0.2, 0.25) is 0 Å². The second-order valence-electron chi connectivity index (χ2n) is 4.35. The first kappa shape index (κ1) is 16.1. The number of aromatic nitrogens is 2. The van der Waals surface area contributed by atoms with Gasteiger partial charge in [0.2, 0.25) is 0 Å². The van der Waals surface area contributed by atoms with E-state index in [1.165, 1.54) is 10.6 Å². The molecule has 0 fully saturated rings. The van der Waals surface area contributed by atoms with Gasteiger partial charge in [-0.05, 0) is 50.5 Å². The molecular formula is C14H17Br2N3S. The predicted octanol–water partition coefficient (Wildman–Crippen LogP) is 4.39. The van der Waals surface area contributed by atoms with Crippen LogP contribution in [0.15, 0.2) is 44.3 Å². The summed E-state index contributed by atoms with van der Waals surface area (Å²) in [5, 5.41) is 7.83. The lowest BCUT2D eigenvalue weighted by Gasteiger charge is -2.19. The van der Waals surface area contributed by atoms with Crippen molar-refractivity contribution >= 4 is 43.6 Å². The molecule has 2 aromatic rings. The summed E-state index contributed by atoms with van der Waals surface area (Å²) in [7, 11) is 1.98. The Kier molecular flexibility index (Phi) is 6.14. The van der Waals surface area contributed by atoms with E-state index in [1.54, 1.807) is 0 Å². The molecule has 1 atom stereocenters. The normalized spacial score (nSPS) is 12.6. The van der Waals surface area contributed by atoms with E-state index in [2.05, 4.69) is 67.4 Å². The second-order valence-corrected chi connectivity index (χ2v) is 7.12. The van der Waals surface area contributed by atoms with Crippen LogP contribution in [0.4, 0.5) is 0 Å². The number of nitrogens with one attached hydrogen (secondary N) is 1. The molecule has 1 unspecified atom stereocenters. The third-order valence-corrected chi connectivity index (χ3v) is 5.69. The minimum absolute atomic E-state index is 0.263. The van der Waals surface area contributed by atoms with Gasteiger partial charge in [0, 0.05) is 22.2 Å². The second kappa shape index (κ2) is 7.64. The van der Waals surface area contributed by atoms with Crippen LogP contribution in [0.1, 0.15) is 18.7 Å². The van der Waals surface area contributed by atoms with Crippen molar-refractivity contribution in [3.8, 4) is 0 Å². The fraction of sp³-hybridized carbons (Fsp3) is 0.357. The summed E-state index contributed by atoms with van der Waals surface area (Å²) in [5.74, 6) is 0.953. The van der Waals surface area contributed by atoms with Crippen molar-refractivity contribution in [3.05, 3.63) is 45.1 Å². The van der Waals surface area contributed by atoms with Crippen molar-refractivity contribution in [2.24, 2.45) is 7.05 Å². The largest absolute Gasteiger partial charge is 0.308 e. The van der Waals surface area contributed by atoms with Gasteiger partial charge in [0.05, 0.1) is 22.4 Å². The minimum atomic E-state index is 0.263. The van der Waals surface area contributed by atoms with Gasteiger partial charge in [-0.1, -0.05) is 19.1 Å². The van der Waals surface area contributed by atoms with Gasteiger partial charge < -0.3 is 5.32 Å². The summed E-state index contributed by atoms with van der Waals surface area (Å²) in [5.41, 5.74) is 1.19. The lowest BCUT2D eigenvalue weighted by atomic mass is 10.2. The highest BCUT2D eigenvalue weighted by molar-refractivity contribution is 9.10. The van der Waals surface area contributed by atoms with Gasteiger partial charge in [0.15, 0.2) is 0 Å². The summed E-state index contributed by atoms with van der Waals surface area (Å²) in [6, 6.07) is 8.57. The maximum absolute atomic E-state index is 4.30. The van der Waals surface area contributed by atoms with E-state index in [1.807, 2.05) is 35.8 Å². The van der Waals surface area contributed by atoms with Crippen molar-refractivity contribution in [2.45, 2.75) is 17.9 Å². The molecular weight excluding hydrogens is 402 g/mol. The highest BCUT2D eigenvalue weighted by atomic mass is 79.9. The van der Waals surface area contributed by atoms with Gasteiger partial charge in [-0.3, -0.25) is 4.68 Å². The number of halogens is 2. The topological polar surface area (TPSA) is 29.9 Å². The zero-order chi connectivity index (χ0) is 14.5. The van der Waals surface area contributed by atoms with Crippen LogP contribution in [0.3, 0.4) is 0 Å². The Morgan fingerprint density at radius 1 is 1.30 bits per heavy atom. The highest BCUT2D eigenvalue weighted by Gasteiger charge is 2.18. The molecule has 0 radical (unpaired) electrons. The van der Waals surface area contributed by atoms with Gasteiger partial charge in [-0.2, -0.15) is 5.10 Å². The summed E-state index contributed by atoms with van der Waals surface area (Å²) >= 11 is 9.02. The van der Waals surface area contributed by atoms with E-state index in [-0.39, 0.29) is 6.04 Å². The van der Waals surface area contributed by atoms with E-state index in [0.29, 0.717) is 0 Å². The SMILES string of the molecule is CCNC(CSc1ccccc1Br)c1c(Br)cnn1C. The Hall–Kier alpha value is -0.300. The Balaban J connectivity index is 2.13. The van der Waals surface area contributed by atoms with Crippen LogP contribution in [-0.2, 0) is 7.05 Å². The average Bonchev–Trinajstić information content (AvgIpc) is 2.76. The predicted molar refractivity (Wildman–Crippen MR) is 92.2 cm³/mol. The van der Waals surface area contributed by atoms with E-state index < -0.39 is 0 Å². The molecule has 1 heterocycles. The summed E-state index contributed by atoms with van der Waals surface area (Å²) in [4.78, 5) is 1.26. The smallest absolute Gasteiger partial charge is 0.0700 e. The maximum Gasteiger partial charge on any atom is 0.0700 e. The fourth-order valence-corrected chi connectivity index (χ4v) is 4.28. The van der Waals surface area contributed by atoms with Gasteiger partial charge in [-0.15, -0.1) is 11.8 Å². The number of aryl methyl sites for hydroxylation is 1. The number of nitrogens with zero attached hydrogens (tertiary/aromatic N) is 2. The van der Waals surface area contributed by atoms with Crippen LogP contribution >= 0.6 is 43.6 Å². The highest BCUT2D eigenvalue weighted by Crippen LogP contribution is 2.32. The quantitative estimate of drug-likeness (QED) is 0.705. The number of thioether (sulfide) groups is 1. The van der Waals surface area contributed by atoms with Crippen molar-refractivity contribution in [3.63, 3.8) is 0 Å². The number of hydrogen-bond donors (Lipinski definition) is 1. The van der Waals surface area contributed by atoms with Crippen molar-refractivity contribution in [2.75, 3.05) is 12.3 Å². The molecule has 20 heavy (non-hydrogen) atoms. The molecule has 0 spiro atoms. The standard InChI is InChI=1S/C14H17Br2N3S/c1-3-17-12(14-11(16)8-18-19(14)2)9-20-13-7-5-4-6-10(13)15/h4-8,12,17H,3,9H2,1-2H3. The molecule has 6 heteroatoms. The molecule has 2 rings (SSSR count). The number of hydrogen-bond acceptors (Lipinski definition) is 3. The Morgan fingerprint density at radius 3 is 2.65 bits per heavy atom. The van der Waals surface area contributed by atoms with Gasteiger partial charge in [0.1, 0.15) is 0 Å². The first-order valence-corrected chi connectivity index (χ1v) is 8.98. The molecule has 0 aliphatic rings. The molecule has 0 bridgehead atoms. The van der Waals surface area contributed by atoms with Crippen LogP contribution in [-0.4, -0.2) is 22.1 Å². The Labute approximate surface area is 140 Å². The monoisotopic (exact) mass is 417 g/mol. The van der Waals surface area contributed by atoms with Gasteiger partial charge >= 0.3 is 0 Å². The number of rotatable bonds is 6. The summed E-state index contributed by atoms with van der Waals surface area (Å²) < 4.78 is 4.13. The third-order valence-electron chi connectivity index (χ3n) is 2.96. The van der Waals surface area contributed by atoms with Crippen molar-refractivity contribution in [1.29, 1.82) is 0 Å². The molecule has 1 aromatic carbocycles. The fourth-order valence-electron chi connectivity index (χ4n) is 2.03. The van der Waals surface area contributed by atoms with E-state index in [4.69, 9.17) is 0 Å². The first-order chi connectivity index (χ1) is 9.63. The Bertz CT molecular complexity index is 552. The van der Waals surface area contributed by atoms with E-state index >= 15 is 0 Å². The maximum atomic E-state index is 4.30. The molecule has 0 saturated heterocycles. The number of benzene rings is 1. The molecule has 0 aliphatic heterocycles. The average molecular weight is 419 g/mol. The Morgan fingerprint density at radius 2 is 2.05 bits per heavy atom. The lowest BCUT2D eigenvalue weighted by Crippen LogP contribution is -2.25. The van der Waals surface area contributed by atoms with Crippen LogP contribution in [0, 0.1) is 0 Å². The zero-order valence-electron chi connectivity index (χ0n) is 11.4. The van der Waals surface area contributed by atoms with Gasteiger partial charge in [0.25, 0.3) is 0 Å². The molecule has 1 N–H and O–H groups in total. The summed E-state index contributed by atoms with van der Waals surface area (Å²) in [6.07, 6.45) is 1.85. The zero-order valence-corrected chi connectivity index (χ0v) is 15.4. The molecule has 1 aromatic heterocycles. The molecule has 0 aliphatic carbocycles. The summed E-state index contributed by atoms with van der Waals surface area (Å²) in [6.45, 7) is 3.05. The van der Waals surface area contributed by atoms with Crippen LogP contribution in [0.5, 0.6) is 0 Å². The van der Waals surface area contributed by atoms with Gasteiger partial charge in [-0.25, -0.2) is 0 Å².